The van der Waals surface area contributed by atoms with Gasteiger partial charge in [-0.25, -0.2) is 0 Å². The van der Waals surface area contributed by atoms with Crippen molar-refractivity contribution in [2.75, 3.05) is 19.1 Å². The van der Waals surface area contributed by atoms with Gasteiger partial charge in [0.1, 0.15) is 12.3 Å². The van der Waals surface area contributed by atoms with Crippen LogP contribution in [0.3, 0.4) is 0 Å². The lowest BCUT2D eigenvalue weighted by Gasteiger charge is -2.11. The molecular weight excluding hydrogens is 415 g/mol. The number of halogens is 4. The molecule has 29 heavy (non-hydrogen) atoms. The molecule has 0 amide bonds. The molecule has 0 saturated heterocycles. The maximum Gasteiger partial charge on any atom is 0.416 e. The molecule has 0 unspecified atom stereocenters. The van der Waals surface area contributed by atoms with Crippen LogP contribution in [0, 0.1) is 22.5 Å². The Labute approximate surface area is 168 Å². The average molecular weight is 428 g/mol. The number of methoxy groups -OCH3 is 1. The van der Waals surface area contributed by atoms with Gasteiger partial charge in [-0.1, -0.05) is 17.5 Å². The number of anilines is 1. The Morgan fingerprint density at radius 3 is 2.69 bits per heavy atom. The lowest BCUT2D eigenvalue weighted by Crippen LogP contribution is -2.06. The van der Waals surface area contributed by atoms with Gasteiger partial charge in [-0.05, 0) is 29.8 Å². The van der Waals surface area contributed by atoms with Gasteiger partial charge < -0.3 is 9.47 Å². The van der Waals surface area contributed by atoms with Crippen LogP contribution < -0.4 is 14.9 Å². The van der Waals surface area contributed by atoms with Gasteiger partial charge in [-0.2, -0.15) is 18.3 Å². The SMILES string of the molecule is C#CCOc1c(Cl)cc(/C=N\Nc2ccc(C(F)(F)F)cc2[N+](=O)[O-])cc1OC. The molecular formula is C18H13ClF3N3O4. The minimum absolute atomic E-state index is 0.0251. The molecule has 2 aromatic rings. The van der Waals surface area contributed by atoms with E-state index < -0.39 is 22.4 Å². The van der Waals surface area contributed by atoms with E-state index >= 15 is 0 Å². The molecule has 2 rings (SSSR count). The molecule has 0 aliphatic heterocycles. The van der Waals surface area contributed by atoms with Gasteiger partial charge >= 0.3 is 6.18 Å². The largest absolute Gasteiger partial charge is 0.493 e. The number of terminal acetylenes is 1. The van der Waals surface area contributed by atoms with E-state index in [9.17, 15) is 23.3 Å². The number of hydrazone groups is 1. The van der Waals surface area contributed by atoms with E-state index in [1.165, 1.54) is 25.5 Å². The third-order valence-electron chi connectivity index (χ3n) is 3.47. The van der Waals surface area contributed by atoms with Gasteiger partial charge in [-0.15, -0.1) is 6.42 Å². The second-order valence-electron chi connectivity index (χ2n) is 5.38. The van der Waals surface area contributed by atoms with E-state index in [-0.39, 0.29) is 28.8 Å². The zero-order valence-electron chi connectivity index (χ0n) is 14.8. The van der Waals surface area contributed by atoms with Crippen LogP contribution in [0.4, 0.5) is 24.5 Å². The number of rotatable bonds is 7. The van der Waals surface area contributed by atoms with Crippen LogP contribution in [0.2, 0.25) is 5.02 Å². The minimum atomic E-state index is -4.71. The van der Waals surface area contributed by atoms with Gasteiger partial charge in [-0.3, -0.25) is 15.5 Å². The highest BCUT2D eigenvalue weighted by Crippen LogP contribution is 2.36. The number of nitro groups is 1. The Hall–Kier alpha value is -3.45. The summed E-state index contributed by atoms with van der Waals surface area (Å²) in [7, 11) is 1.39. The molecule has 0 aliphatic rings. The molecule has 0 fully saturated rings. The second kappa shape index (κ2) is 9.16. The Morgan fingerprint density at radius 1 is 1.38 bits per heavy atom. The summed E-state index contributed by atoms with van der Waals surface area (Å²) in [5.41, 5.74) is 0.649. The topological polar surface area (TPSA) is 86.0 Å². The Kier molecular flexibility index (Phi) is 6.90. The summed E-state index contributed by atoms with van der Waals surface area (Å²) in [6, 6.07) is 5.05. The molecule has 1 N–H and O–H groups in total. The number of hydrogen-bond acceptors (Lipinski definition) is 6. The number of ether oxygens (including phenoxy) is 2. The van der Waals surface area contributed by atoms with Crippen molar-refractivity contribution in [3.63, 3.8) is 0 Å². The first-order valence-electron chi connectivity index (χ1n) is 7.76. The predicted octanol–water partition coefficient (Wildman–Crippen LogP) is 4.73. The van der Waals surface area contributed by atoms with E-state index in [1.54, 1.807) is 0 Å². The van der Waals surface area contributed by atoms with E-state index in [0.717, 1.165) is 6.07 Å². The first-order valence-corrected chi connectivity index (χ1v) is 8.13. The molecule has 7 nitrogen and oxygen atoms in total. The number of nitro benzene ring substituents is 1. The van der Waals surface area contributed by atoms with Crippen molar-refractivity contribution < 1.29 is 27.6 Å². The Balaban J connectivity index is 2.27. The summed E-state index contributed by atoms with van der Waals surface area (Å²) in [6.07, 6.45) is 1.68. The molecule has 0 bridgehead atoms. The summed E-state index contributed by atoms with van der Waals surface area (Å²) in [6.45, 7) is -0.0251. The third-order valence-corrected chi connectivity index (χ3v) is 3.75. The fourth-order valence-corrected chi connectivity index (χ4v) is 2.47. The highest BCUT2D eigenvalue weighted by atomic mass is 35.5. The van der Waals surface area contributed by atoms with Crippen molar-refractivity contribution >= 4 is 29.2 Å². The molecule has 0 atom stereocenters. The summed E-state index contributed by atoms with van der Waals surface area (Å²) in [5.74, 6) is 2.80. The van der Waals surface area contributed by atoms with Crippen molar-refractivity contribution in [1.82, 2.24) is 0 Å². The van der Waals surface area contributed by atoms with Crippen LogP contribution in [0.25, 0.3) is 0 Å². The van der Waals surface area contributed by atoms with Crippen molar-refractivity contribution in [2.24, 2.45) is 5.10 Å². The van der Waals surface area contributed by atoms with Crippen LogP contribution in [0.1, 0.15) is 11.1 Å². The normalized spacial score (nSPS) is 11.2. The molecule has 0 heterocycles. The zero-order chi connectivity index (χ0) is 21.6. The van der Waals surface area contributed by atoms with Gasteiger partial charge in [0.15, 0.2) is 11.5 Å². The lowest BCUT2D eigenvalue weighted by atomic mass is 10.1. The zero-order valence-corrected chi connectivity index (χ0v) is 15.5. The van der Waals surface area contributed by atoms with Gasteiger partial charge in [0.05, 0.1) is 28.8 Å². The number of nitrogens with zero attached hydrogens (tertiary/aromatic N) is 2. The molecule has 2 aromatic carbocycles. The first kappa shape index (κ1) is 21.8. The third kappa shape index (κ3) is 5.52. The quantitative estimate of drug-likeness (QED) is 0.299. The first-order chi connectivity index (χ1) is 13.7. The molecule has 0 aromatic heterocycles. The Morgan fingerprint density at radius 2 is 2.10 bits per heavy atom. The number of hydrogen-bond donors (Lipinski definition) is 1. The van der Waals surface area contributed by atoms with Crippen LogP contribution in [0.5, 0.6) is 11.5 Å². The van der Waals surface area contributed by atoms with E-state index in [2.05, 4.69) is 16.4 Å². The fraction of sp³-hybridized carbons (Fsp3) is 0.167. The van der Waals surface area contributed by atoms with Gasteiger partial charge in [0, 0.05) is 6.07 Å². The molecule has 0 aliphatic carbocycles. The van der Waals surface area contributed by atoms with Crippen LogP contribution >= 0.6 is 11.6 Å². The molecule has 0 radical (unpaired) electrons. The van der Waals surface area contributed by atoms with Crippen LogP contribution in [-0.4, -0.2) is 24.9 Å². The summed E-state index contributed by atoms with van der Waals surface area (Å²) in [5, 5.41) is 15.1. The molecule has 152 valence electrons. The van der Waals surface area contributed by atoms with E-state index in [0.29, 0.717) is 17.7 Å². The number of alkyl halides is 3. The maximum absolute atomic E-state index is 12.7. The molecule has 0 spiro atoms. The van der Waals surface area contributed by atoms with Gasteiger partial charge in [0.2, 0.25) is 0 Å². The maximum atomic E-state index is 12.7. The van der Waals surface area contributed by atoms with Crippen molar-refractivity contribution in [2.45, 2.75) is 6.18 Å². The smallest absolute Gasteiger partial charge is 0.416 e. The van der Waals surface area contributed by atoms with Crippen LogP contribution in [0.15, 0.2) is 35.4 Å². The molecule has 11 heteroatoms. The second-order valence-corrected chi connectivity index (χ2v) is 5.79. The highest BCUT2D eigenvalue weighted by Gasteiger charge is 2.33. The summed E-state index contributed by atoms with van der Waals surface area (Å²) < 4.78 is 48.7. The summed E-state index contributed by atoms with van der Waals surface area (Å²) in [4.78, 5) is 10.1. The monoisotopic (exact) mass is 427 g/mol. The Bertz CT molecular complexity index is 988. The molecule has 0 saturated carbocycles. The number of benzene rings is 2. The standard InChI is InChI=1S/C18H13ClF3N3O4/c1-3-6-29-17-13(19)7-11(8-16(17)28-2)10-23-24-14-5-4-12(18(20,21)22)9-15(14)25(26)27/h1,4-5,7-10,24H,6H2,2H3/b23-10-. The predicted molar refractivity (Wildman–Crippen MR) is 102 cm³/mol. The fourth-order valence-electron chi connectivity index (χ4n) is 2.20. The minimum Gasteiger partial charge on any atom is -0.493 e. The van der Waals surface area contributed by atoms with Crippen molar-refractivity contribution in [3.8, 4) is 23.8 Å². The van der Waals surface area contributed by atoms with Gasteiger partial charge in [0.25, 0.3) is 5.69 Å². The lowest BCUT2D eigenvalue weighted by molar-refractivity contribution is -0.384. The summed E-state index contributed by atoms with van der Waals surface area (Å²) >= 11 is 6.12. The van der Waals surface area contributed by atoms with Crippen molar-refractivity contribution in [3.05, 3.63) is 56.6 Å². The van der Waals surface area contributed by atoms with Crippen molar-refractivity contribution in [1.29, 1.82) is 0 Å². The average Bonchev–Trinajstić information content (AvgIpc) is 2.66. The van der Waals surface area contributed by atoms with Crippen LogP contribution in [-0.2, 0) is 6.18 Å². The highest BCUT2D eigenvalue weighted by molar-refractivity contribution is 6.32. The van der Waals surface area contributed by atoms with E-state index in [4.69, 9.17) is 27.5 Å². The number of nitrogens with one attached hydrogen (secondary N) is 1. The van der Waals surface area contributed by atoms with E-state index in [1.807, 2.05) is 0 Å².